The van der Waals surface area contributed by atoms with Crippen molar-refractivity contribution in [1.29, 1.82) is 0 Å². The maximum atomic E-state index is 11.0. The molecule has 0 amide bonds. The molecule has 0 radical (unpaired) electrons. The first kappa shape index (κ1) is 14.6. The van der Waals surface area contributed by atoms with Gasteiger partial charge in [-0.05, 0) is 17.7 Å². The summed E-state index contributed by atoms with van der Waals surface area (Å²) < 4.78 is 5.45. The molecule has 0 bridgehead atoms. The van der Waals surface area contributed by atoms with E-state index in [1.54, 1.807) is 24.3 Å². The van der Waals surface area contributed by atoms with Gasteiger partial charge in [-0.25, -0.2) is 0 Å². The first-order valence-electron chi connectivity index (χ1n) is 5.52. The lowest BCUT2D eigenvalue weighted by Gasteiger charge is -2.08. The lowest BCUT2D eigenvalue weighted by Crippen LogP contribution is -1.94. The number of aliphatic hydroxyl groups is 1. The van der Waals surface area contributed by atoms with E-state index in [-0.39, 0.29) is 28.1 Å². The second-order valence-electron chi connectivity index (χ2n) is 3.90. The molecule has 0 unspecified atom stereocenters. The fraction of sp³-hybridized carbons (Fsp3) is 0.0769. The summed E-state index contributed by atoms with van der Waals surface area (Å²) >= 11 is 11.6. The van der Waals surface area contributed by atoms with Crippen LogP contribution >= 0.6 is 23.2 Å². The average Bonchev–Trinajstić information content (AvgIpc) is 2.42. The van der Waals surface area contributed by atoms with E-state index in [9.17, 15) is 10.1 Å². The Balaban J connectivity index is 2.41. The van der Waals surface area contributed by atoms with Gasteiger partial charge in [0, 0.05) is 12.1 Å². The average molecular weight is 314 g/mol. The number of nitro benzene ring substituents is 1. The molecule has 2 aromatic rings. The maximum absolute atomic E-state index is 11.0. The Hall–Kier alpha value is -1.82. The number of rotatable bonds is 4. The Morgan fingerprint density at radius 1 is 1.20 bits per heavy atom. The molecule has 2 aromatic carbocycles. The maximum Gasteiger partial charge on any atom is 0.313 e. The molecule has 0 spiro atoms. The fourth-order valence-corrected chi connectivity index (χ4v) is 1.89. The van der Waals surface area contributed by atoms with E-state index in [4.69, 9.17) is 33.0 Å². The predicted molar refractivity (Wildman–Crippen MR) is 75.6 cm³/mol. The molecule has 104 valence electrons. The van der Waals surface area contributed by atoms with Crippen LogP contribution < -0.4 is 4.74 Å². The van der Waals surface area contributed by atoms with Gasteiger partial charge in [0.15, 0.2) is 0 Å². The number of nitrogens with zero attached hydrogens (tertiary/aromatic N) is 1. The van der Waals surface area contributed by atoms with Crippen molar-refractivity contribution in [1.82, 2.24) is 0 Å². The van der Waals surface area contributed by atoms with E-state index in [1.165, 1.54) is 6.07 Å². The number of nitro groups is 1. The summed E-state index contributed by atoms with van der Waals surface area (Å²) in [6, 6.07) is 8.99. The number of benzene rings is 2. The van der Waals surface area contributed by atoms with Gasteiger partial charge in [0.05, 0.1) is 21.6 Å². The Morgan fingerprint density at radius 3 is 2.55 bits per heavy atom. The van der Waals surface area contributed by atoms with Crippen molar-refractivity contribution >= 4 is 28.9 Å². The fourth-order valence-electron chi connectivity index (χ4n) is 1.58. The third kappa shape index (κ3) is 3.19. The minimum atomic E-state index is -0.604. The molecule has 0 atom stereocenters. The molecule has 1 N–H and O–H groups in total. The summed E-state index contributed by atoms with van der Waals surface area (Å²) in [6.07, 6.45) is 0. The molecule has 0 saturated heterocycles. The van der Waals surface area contributed by atoms with Gasteiger partial charge in [-0.15, -0.1) is 0 Å². The molecule has 0 aliphatic rings. The number of ether oxygens (including phenoxy) is 1. The van der Waals surface area contributed by atoms with Crippen molar-refractivity contribution in [3.63, 3.8) is 0 Å². The van der Waals surface area contributed by atoms with Gasteiger partial charge in [0.25, 0.3) is 0 Å². The minimum absolute atomic E-state index is 0.0144. The summed E-state index contributed by atoms with van der Waals surface area (Å²) in [4.78, 5) is 10.4. The van der Waals surface area contributed by atoms with Gasteiger partial charge >= 0.3 is 5.69 Å². The molecule has 0 aliphatic heterocycles. The first-order valence-corrected chi connectivity index (χ1v) is 6.28. The number of aliphatic hydroxyl groups excluding tert-OH is 1. The summed E-state index contributed by atoms with van der Waals surface area (Å²) in [5.41, 5.74) is 0.346. The minimum Gasteiger partial charge on any atom is -0.450 e. The van der Waals surface area contributed by atoms with Crippen LogP contribution in [-0.4, -0.2) is 10.0 Å². The molecule has 0 fully saturated rings. The lowest BCUT2D eigenvalue weighted by molar-refractivity contribution is -0.385. The van der Waals surface area contributed by atoms with Crippen molar-refractivity contribution in [2.75, 3.05) is 0 Å². The predicted octanol–water partition coefficient (Wildman–Crippen LogP) is 4.19. The van der Waals surface area contributed by atoms with E-state index < -0.39 is 4.92 Å². The highest BCUT2D eigenvalue weighted by Gasteiger charge is 2.19. The molecule has 0 aliphatic carbocycles. The van der Waals surface area contributed by atoms with Gasteiger partial charge in [0.1, 0.15) is 5.75 Å². The van der Waals surface area contributed by atoms with Gasteiger partial charge in [-0.2, -0.15) is 0 Å². The molecule has 20 heavy (non-hydrogen) atoms. The van der Waals surface area contributed by atoms with Crippen LogP contribution in [0, 0.1) is 10.1 Å². The Kier molecular flexibility index (Phi) is 4.44. The topological polar surface area (TPSA) is 72.6 Å². The highest BCUT2D eigenvalue weighted by atomic mass is 35.5. The Bertz CT molecular complexity index is 661. The number of hydrogen-bond acceptors (Lipinski definition) is 4. The third-order valence-electron chi connectivity index (χ3n) is 2.51. The van der Waals surface area contributed by atoms with Crippen molar-refractivity contribution in [2.45, 2.75) is 6.61 Å². The van der Waals surface area contributed by atoms with Crippen molar-refractivity contribution in [2.24, 2.45) is 0 Å². The van der Waals surface area contributed by atoms with Crippen LogP contribution in [0.1, 0.15) is 5.56 Å². The van der Waals surface area contributed by atoms with Gasteiger partial charge < -0.3 is 9.84 Å². The number of hydrogen-bond donors (Lipinski definition) is 1. The van der Waals surface area contributed by atoms with Crippen LogP contribution in [0.5, 0.6) is 11.5 Å². The van der Waals surface area contributed by atoms with E-state index in [2.05, 4.69) is 0 Å². The molecule has 5 nitrogen and oxygen atoms in total. The molecule has 0 aromatic heterocycles. The zero-order valence-electron chi connectivity index (χ0n) is 10.0. The van der Waals surface area contributed by atoms with E-state index in [0.717, 1.165) is 6.07 Å². The first-order chi connectivity index (χ1) is 9.51. The molecule has 2 rings (SSSR count). The van der Waals surface area contributed by atoms with Gasteiger partial charge in [-0.1, -0.05) is 35.3 Å². The van der Waals surface area contributed by atoms with Crippen molar-refractivity contribution in [3.8, 4) is 11.5 Å². The summed E-state index contributed by atoms with van der Waals surface area (Å²) in [7, 11) is 0. The zero-order valence-corrected chi connectivity index (χ0v) is 11.6. The number of halogens is 2. The van der Waals surface area contributed by atoms with E-state index >= 15 is 0 Å². The molecule has 0 saturated carbocycles. The molecule has 7 heteroatoms. The van der Waals surface area contributed by atoms with Crippen LogP contribution in [-0.2, 0) is 6.61 Å². The lowest BCUT2D eigenvalue weighted by atomic mass is 10.2. The largest absolute Gasteiger partial charge is 0.450 e. The van der Waals surface area contributed by atoms with Crippen molar-refractivity contribution < 1.29 is 14.8 Å². The van der Waals surface area contributed by atoms with Gasteiger partial charge in [-0.3, -0.25) is 10.1 Å². The summed E-state index contributed by atoms with van der Waals surface area (Å²) in [5.74, 6) is 0.345. The quantitative estimate of drug-likeness (QED) is 0.678. The summed E-state index contributed by atoms with van der Waals surface area (Å²) in [6.45, 7) is -0.152. The molecule has 0 heterocycles. The van der Waals surface area contributed by atoms with Crippen LogP contribution in [0.15, 0.2) is 36.4 Å². The highest BCUT2D eigenvalue weighted by molar-refractivity contribution is 6.42. The standard InChI is InChI=1S/C13H9Cl2NO4/c14-10-5-12(16(18)19)13(6-11(10)15)20-9-3-1-2-8(4-9)7-17/h1-6,17H,7H2. The zero-order chi connectivity index (χ0) is 14.7. The van der Waals surface area contributed by atoms with Crippen molar-refractivity contribution in [3.05, 3.63) is 62.1 Å². The van der Waals surface area contributed by atoms with Crippen LogP contribution in [0.2, 0.25) is 10.0 Å². The second-order valence-corrected chi connectivity index (χ2v) is 4.71. The van der Waals surface area contributed by atoms with Crippen LogP contribution in [0.3, 0.4) is 0 Å². The SMILES string of the molecule is O=[N+]([O-])c1cc(Cl)c(Cl)cc1Oc1cccc(CO)c1. The second kappa shape index (κ2) is 6.09. The van der Waals surface area contributed by atoms with E-state index in [0.29, 0.717) is 11.3 Å². The monoisotopic (exact) mass is 313 g/mol. The molecular formula is C13H9Cl2NO4. The van der Waals surface area contributed by atoms with Crippen LogP contribution in [0.4, 0.5) is 5.69 Å². The highest BCUT2D eigenvalue weighted by Crippen LogP contribution is 2.38. The normalized spacial score (nSPS) is 10.3. The summed E-state index contributed by atoms with van der Waals surface area (Å²) in [5, 5.41) is 20.3. The smallest absolute Gasteiger partial charge is 0.313 e. The Labute approximate surface area is 124 Å². The third-order valence-corrected chi connectivity index (χ3v) is 3.23. The molecular weight excluding hydrogens is 305 g/mol. The van der Waals surface area contributed by atoms with Crippen LogP contribution in [0.25, 0.3) is 0 Å². The van der Waals surface area contributed by atoms with E-state index in [1.807, 2.05) is 0 Å². The van der Waals surface area contributed by atoms with Gasteiger partial charge in [0.2, 0.25) is 5.75 Å². The Morgan fingerprint density at radius 2 is 1.90 bits per heavy atom.